The summed E-state index contributed by atoms with van der Waals surface area (Å²) in [5, 5.41) is 6.15. The van der Waals surface area contributed by atoms with Crippen molar-refractivity contribution in [1.82, 2.24) is 14.4 Å². The van der Waals surface area contributed by atoms with E-state index in [1.54, 1.807) is 0 Å². The van der Waals surface area contributed by atoms with Gasteiger partial charge < -0.3 is 0 Å². The minimum atomic E-state index is 0.985. The molecule has 112 valence electrons. The summed E-state index contributed by atoms with van der Waals surface area (Å²) in [7, 11) is 0. The van der Waals surface area contributed by atoms with Gasteiger partial charge in [0.2, 0.25) is 0 Å². The Morgan fingerprint density at radius 2 is 1.75 bits per heavy atom. The average Bonchev–Trinajstić information content (AvgIpc) is 3.25. The Morgan fingerprint density at radius 1 is 0.792 bits per heavy atom. The molecule has 0 aliphatic carbocycles. The Labute approximate surface area is 140 Å². The number of hydrogen-bond donors (Lipinski definition) is 0. The lowest BCUT2D eigenvalue weighted by atomic mass is 10.1. The molecular weight excluding hydrogens is 314 g/mol. The second-order valence-corrected chi connectivity index (χ2v) is 7.09. The molecule has 0 radical (unpaired) electrons. The molecule has 24 heavy (non-hydrogen) atoms. The number of rotatable bonds is 0. The molecule has 0 unspecified atom stereocenters. The van der Waals surface area contributed by atoms with Crippen LogP contribution < -0.4 is 0 Å². The van der Waals surface area contributed by atoms with Gasteiger partial charge in [0.05, 0.1) is 5.52 Å². The third kappa shape index (κ3) is 1.46. The van der Waals surface area contributed by atoms with Gasteiger partial charge in [0.15, 0.2) is 0 Å². The molecule has 0 bridgehead atoms. The summed E-state index contributed by atoms with van der Waals surface area (Å²) in [6, 6.07) is 15.3. The molecule has 4 heterocycles. The average molecular weight is 325 g/mol. The maximum Gasteiger partial charge on any atom is 0.145 e. The molecule has 4 heteroatoms. The molecule has 0 atom stereocenters. The SMILES string of the molecule is c1ccc2c(c1)sc1cc3c4cnccc4c4nccn4c3cc12. The van der Waals surface area contributed by atoms with Crippen LogP contribution in [0.3, 0.4) is 0 Å². The van der Waals surface area contributed by atoms with Crippen LogP contribution in [0.2, 0.25) is 0 Å². The zero-order chi connectivity index (χ0) is 15.7. The molecule has 0 N–H and O–H groups in total. The van der Waals surface area contributed by atoms with Gasteiger partial charge in [-0.15, -0.1) is 11.3 Å². The van der Waals surface area contributed by atoms with Crippen molar-refractivity contribution in [3.8, 4) is 0 Å². The van der Waals surface area contributed by atoms with E-state index < -0.39 is 0 Å². The van der Waals surface area contributed by atoms with Crippen LogP contribution >= 0.6 is 11.3 Å². The van der Waals surface area contributed by atoms with Gasteiger partial charge in [-0.2, -0.15) is 0 Å². The quantitative estimate of drug-likeness (QED) is 0.350. The number of thiophene rings is 1. The Balaban J connectivity index is 1.97. The molecule has 0 saturated carbocycles. The van der Waals surface area contributed by atoms with Crippen LogP contribution in [-0.4, -0.2) is 14.4 Å². The normalized spacial score (nSPS) is 12.2. The maximum absolute atomic E-state index is 4.56. The zero-order valence-corrected chi connectivity index (χ0v) is 13.4. The molecule has 0 spiro atoms. The number of benzene rings is 2. The second-order valence-electron chi connectivity index (χ2n) is 6.01. The molecular formula is C20H11N3S. The summed E-state index contributed by atoms with van der Waals surface area (Å²) in [6.45, 7) is 0. The predicted molar refractivity (Wildman–Crippen MR) is 101 cm³/mol. The third-order valence-corrected chi connectivity index (χ3v) is 5.88. The van der Waals surface area contributed by atoms with Crippen molar-refractivity contribution in [3.05, 3.63) is 67.3 Å². The lowest BCUT2D eigenvalue weighted by Crippen LogP contribution is -1.90. The number of fused-ring (bicyclic) bond motifs is 9. The monoisotopic (exact) mass is 325 g/mol. The standard InChI is InChI=1S/C20H11N3S/c1-2-4-18-12(3-1)15-9-17-14(10-19(15)24-18)16-11-21-6-5-13(16)20-22-7-8-23(17)20/h1-11H. The van der Waals surface area contributed by atoms with Gasteiger partial charge in [-0.1, -0.05) is 18.2 Å². The first kappa shape index (κ1) is 12.4. The Hall–Kier alpha value is -2.98. The van der Waals surface area contributed by atoms with Gasteiger partial charge in [-0.3, -0.25) is 9.38 Å². The van der Waals surface area contributed by atoms with Gasteiger partial charge in [-0.25, -0.2) is 4.98 Å². The second kappa shape index (κ2) is 4.30. The molecule has 0 aliphatic rings. The fourth-order valence-electron chi connectivity index (χ4n) is 3.68. The van der Waals surface area contributed by atoms with Gasteiger partial charge in [0, 0.05) is 61.1 Å². The molecule has 4 aromatic heterocycles. The summed E-state index contributed by atoms with van der Waals surface area (Å²) in [6.07, 6.45) is 7.69. The number of hydrogen-bond acceptors (Lipinski definition) is 3. The van der Waals surface area contributed by atoms with Gasteiger partial charge in [0.1, 0.15) is 5.65 Å². The minimum Gasteiger partial charge on any atom is -0.299 e. The summed E-state index contributed by atoms with van der Waals surface area (Å²) in [4.78, 5) is 8.91. The van der Waals surface area contributed by atoms with E-state index in [0.717, 1.165) is 16.4 Å². The Bertz CT molecular complexity index is 1410. The zero-order valence-electron chi connectivity index (χ0n) is 12.6. The third-order valence-electron chi connectivity index (χ3n) is 4.75. The van der Waals surface area contributed by atoms with Crippen molar-refractivity contribution in [2.45, 2.75) is 0 Å². The number of aromatic nitrogens is 3. The van der Waals surface area contributed by atoms with Gasteiger partial charge in [-0.05, 0) is 24.3 Å². The highest BCUT2D eigenvalue weighted by molar-refractivity contribution is 7.25. The van der Waals surface area contributed by atoms with Gasteiger partial charge >= 0.3 is 0 Å². The molecule has 3 nitrogen and oxygen atoms in total. The van der Waals surface area contributed by atoms with Crippen LogP contribution in [0, 0.1) is 0 Å². The first-order valence-corrected chi connectivity index (χ1v) is 8.65. The van der Waals surface area contributed by atoms with E-state index in [2.05, 4.69) is 50.8 Å². The van der Waals surface area contributed by atoms with Crippen LogP contribution in [0.25, 0.3) is 47.5 Å². The van der Waals surface area contributed by atoms with Crippen LogP contribution in [0.4, 0.5) is 0 Å². The van der Waals surface area contributed by atoms with Crippen LogP contribution in [0.15, 0.2) is 67.3 Å². The van der Waals surface area contributed by atoms with E-state index in [9.17, 15) is 0 Å². The summed E-state index contributed by atoms with van der Waals surface area (Å²) in [5.74, 6) is 0. The van der Waals surface area contributed by atoms with Crippen molar-refractivity contribution >= 4 is 58.8 Å². The van der Waals surface area contributed by atoms with Gasteiger partial charge in [0.25, 0.3) is 0 Å². The van der Waals surface area contributed by atoms with Crippen molar-refractivity contribution < 1.29 is 0 Å². The highest BCUT2D eigenvalue weighted by atomic mass is 32.1. The van der Waals surface area contributed by atoms with Crippen molar-refractivity contribution in [2.75, 3.05) is 0 Å². The van der Waals surface area contributed by atoms with Crippen LogP contribution in [0.1, 0.15) is 0 Å². The highest BCUT2D eigenvalue weighted by Gasteiger charge is 2.12. The number of imidazole rings is 1. The van der Waals surface area contributed by atoms with Crippen molar-refractivity contribution in [1.29, 1.82) is 0 Å². The topological polar surface area (TPSA) is 30.2 Å². The molecule has 6 rings (SSSR count). The first-order chi connectivity index (χ1) is 11.9. The molecule has 0 amide bonds. The van der Waals surface area contributed by atoms with Crippen LogP contribution in [0.5, 0.6) is 0 Å². The van der Waals surface area contributed by atoms with E-state index in [1.165, 1.54) is 31.1 Å². The van der Waals surface area contributed by atoms with Crippen molar-refractivity contribution in [2.24, 2.45) is 0 Å². The Kier molecular flexibility index (Phi) is 2.23. The minimum absolute atomic E-state index is 0.985. The van der Waals surface area contributed by atoms with E-state index in [4.69, 9.17) is 0 Å². The highest BCUT2D eigenvalue weighted by Crippen LogP contribution is 2.38. The summed E-state index contributed by atoms with van der Waals surface area (Å²) in [5.41, 5.74) is 2.16. The molecule has 0 aliphatic heterocycles. The van der Waals surface area contributed by atoms with E-state index >= 15 is 0 Å². The molecule has 0 saturated heterocycles. The number of nitrogens with zero attached hydrogens (tertiary/aromatic N) is 3. The van der Waals surface area contributed by atoms with Crippen molar-refractivity contribution in [3.63, 3.8) is 0 Å². The maximum atomic E-state index is 4.56. The van der Waals surface area contributed by atoms with E-state index in [-0.39, 0.29) is 0 Å². The fraction of sp³-hybridized carbons (Fsp3) is 0. The Morgan fingerprint density at radius 3 is 2.75 bits per heavy atom. The number of pyridine rings is 2. The summed E-state index contributed by atoms with van der Waals surface area (Å²) >= 11 is 1.85. The van der Waals surface area contributed by atoms with E-state index in [1.807, 2.05) is 42.2 Å². The lowest BCUT2D eigenvalue weighted by Gasteiger charge is -2.08. The fourth-order valence-corrected chi connectivity index (χ4v) is 4.80. The predicted octanol–water partition coefficient (Wildman–Crippen LogP) is 5.40. The molecule has 0 fully saturated rings. The molecule has 6 aromatic rings. The summed E-state index contributed by atoms with van der Waals surface area (Å²) < 4.78 is 4.82. The molecule has 2 aromatic carbocycles. The largest absolute Gasteiger partial charge is 0.299 e. The van der Waals surface area contributed by atoms with E-state index in [0.29, 0.717) is 0 Å². The smallest absolute Gasteiger partial charge is 0.145 e. The lowest BCUT2D eigenvalue weighted by molar-refractivity contribution is 1.27. The van der Waals surface area contributed by atoms with Crippen LogP contribution in [-0.2, 0) is 0 Å². The first-order valence-electron chi connectivity index (χ1n) is 7.84.